The second-order valence-electron chi connectivity index (χ2n) is 7.20. The molecule has 2 aliphatic rings. The van der Waals surface area contributed by atoms with Gasteiger partial charge >= 0.3 is 0 Å². The molecule has 5 nitrogen and oxygen atoms in total. The van der Waals surface area contributed by atoms with Gasteiger partial charge in [-0.2, -0.15) is 0 Å². The van der Waals surface area contributed by atoms with E-state index < -0.39 is 0 Å². The van der Waals surface area contributed by atoms with E-state index in [-0.39, 0.29) is 36.0 Å². The van der Waals surface area contributed by atoms with Crippen LogP contribution in [0.3, 0.4) is 0 Å². The van der Waals surface area contributed by atoms with E-state index in [9.17, 15) is 14.4 Å². The first kappa shape index (κ1) is 18.7. The predicted molar refractivity (Wildman–Crippen MR) is 106 cm³/mol. The Hall–Kier alpha value is -2.66. The summed E-state index contributed by atoms with van der Waals surface area (Å²) in [5.41, 5.74) is 0.857. The zero-order chi connectivity index (χ0) is 19.7. The molecule has 144 valence electrons. The number of fused-ring (bicyclic) bond motifs is 1. The molecule has 2 unspecified atom stereocenters. The van der Waals surface area contributed by atoms with Gasteiger partial charge in [-0.1, -0.05) is 54.8 Å². The van der Waals surface area contributed by atoms with E-state index in [0.717, 1.165) is 25.7 Å². The predicted octanol–water partition coefficient (Wildman–Crippen LogP) is 4.28. The fraction of sp³-hybridized carbons (Fsp3) is 0.318. The van der Waals surface area contributed by atoms with Crippen molar-refractivity contribution in [2.24, 2.45) is 11.8 Å². The SMILES string of the molecule is O=C(COc1ccc(Cl)cc1N1C(=O)C2CCCCC2C1=O)c1ccccc1. The quantitative estimate of drug-likeness (QED) is 0.558. The van der Waals surface area contributed by atoms with E-state index in [0.29, 0.717) is 22.0 Å². The number of Topliss-reactive ketones (excluding diaryl/α,β-unsaturated/α-hetero) is 1. The summed E-state index contributed by atoms with van der Waals surface area (Å²) in [5.74, 6) is -0.811. The summed E-state index contributed by atoms with van der Waals surface area (Å²) in [6.07, 6.45) is 3.38. The van der Waals surface area contributed by atoms with E-state index >= 15 is 0 Å². The molecule has 2 fully saturated rings. The number of hydrogen-bond acceptors (Lipinski definition) is 4. The highest BCUT2D eigenvalue weighted by atomic mass is 35.5. The summed E-state index contributed by atoms with van der Waals surface area (Å²) >= 11 is 6.13. The standard InChI is InChI=1S/C22H20ClNO4/c23-15-10-11-20(28-13-19(25)14-6-2-1-3-7-14)18(12-15)24-21(26)16-8-4-5-9-17(16)22(24)27/h1-3,6-7,10-12,16-17H,4-5,8-9,13H2. The molecule has 28 heavy (non-hydrogen) atoms. The van der Waals surface area contributed by atoms with Crippen LogP contribution >= 0.6 is 11.6 Å². The number of ketones is 1. The van der Waals surface area contributed by atoms with E-state index in [1.54, 1.807) is 42.5 Å². The smallest absolute Gasteiger partial charge is 0.237 e. The molecule has 1 aliphatic carbocycles. The average molecular weight is 398 g/mol. The first-order valence-corrected chi connectivity index (χ1v) is 9.82. The van der Waals surface area contributed by atoms with E-state index in [1.165, 1.54) is 4.90 Å². The Morgan fingerprint density at radius 2 is 1.64 bits per heavy atom. The first-order chi connectivity index (χ1) is 13.6. The summed E-state index contributed by atoms with van der Waals surface area (Å²) in [5, 5.41) is 0.396. The largest absolute Gasteiger partial charge is 0.483 e. The second kappa shape index (κ2) is 7.76. The molecule has 0 aromatic heterocycles. The van der Waals surface area contributed by atoms with Gasteiger partial charge in [0, 0.05) is 10.6 Å². The van der Waals surface area contributed by atoms with Gasteiger partial charge in [0.15, 0.2) is 12.4 Å². The minimum atomic E-state index is -0.265. The number of nitrogens with zero attached hydrogens (tertiary/aromatic N) is 1. The average Bonchev–Trinajstić information content (AvgIpc) is 2.98. The van der Waals surface area contributed by atoms with E-state index in [2.05, 4.69) is 0 Å². The molecular weight excluding hydrogens is 378 g/mol. The molecule has 1 aliphatic heterocycles. The summed E-state index contributed by atoms with van der Waals surface area (Å²) < 4.78 is 5.72. The molecule has 0 N–H and O–H groups in total. The molecule has 1 saturated heterocycles. The monoisotopic (exact) mass is 397 g/mol. The molecule has 2 atom stereocenters. The van der Waals surface area contributed by atoms with Crippen LogP contribution < -0.4 is 9.64 Å². The van der Waals surface area contributed by atoms with Gasteiger partial charge in [0.2, 0.25) is 11.8 Å². The minimum Gasteiger partial charge on any atom is -0.483 e. The van der Waals surface area contributed by atoms with Crippen LogP contribution in [-0.4, -0.2) is 24.2 Å². The molecule has 0 radical (unpaired) electrons. The van der Waals surface area contributed by atoms with Crippen LogP contribution in [0.25, 0.3) is 0 Å². The molecule has 1 saturated carbocycles. The Kier molecular flexibility index (Phi) is 5.18. The Morgan fingerprint density at radius 1 is 1.00 bits per heavy atom. The molecule has 2 amide bonds. The van der Waals surface area contributed by atoms with Crippen LogP contribution in [0, 0.1) is 11.8 Å². The minimum absolute atomic E-state index is 0.186. The summed E-state index contributed by atoms with van der Waals surface area (Å²) in [6, 6.07) is 13.6. The van der Waals surface area contributed by atoms with Crippen molar-refractivity contribution < 1.29 is 19.1 Å². The van der Waals surface area contributed by atoms with Gasteiger partial charge in [-0.05, 0) is 31.0 Å². The highest BCUT2D eigenvalue weighted by Crippen LogP contribution is 2.43. The van der Waals surface area contributed by atoms with Crippen LogP contribution in [0.15, 0.2) is 48.5 Å². The zero-order valence-electron chi connectivity index (χ0n) is 15.3. The molecule has 6 heteroatoms. The molecule has 2 aromatic carbocycles. The fourth-order valence-electron chi connectivity index (χ4n) is 4.04. The molecular formula is C22H20ClNO4. The highest BCUT2D eigenvalue weighted by Gasteiger charge is 2.49. The highest BCUT2D eigenvalue weighted by molar-refractivity contribution is 6.31. The lowest BCUT2D eigenvalue weighted by molar-refractivity contribution is -0.122. The van der Waals surface area contributed by atoms with Gasteiger partial charge in [-0.3, -0.25) is 14.4 Å². The normalized spacial score (nSPS) is 21.5. The molecule has 2 aromatic rings. The number of halogens is 1. The third-order valence-corrected chi connectivity index (χ3v) is 5.69. The lowest BCUT2D eigenvalue weighted by atomic mass is 9.81. The number of amides is 2. The maximum absolute atomic E-state index is 12.9. The number of carbonyl (C=O) groups is 3. The number of hydrogen-bond donors (Lipinski definition) is 0. The third-order valence-electron chi connectivity index (χ3n) is 5.46. The molecule has 4 rings (SSSR count). The molecule has 0 bridgehead atoms. The van der Waals surface area contributed by atoms with Crippen molar-refractivity contribution in [3.63, 3.8) is 0 Å². The molecule has 0 spiro atoms. The Balaban J connectivity index is 1.59. The summed E-state index contributed by atoms with van der Waals surface area (Å²) in [7, 11) is 0. The van der Waals surface area contributed by atoms with Gasteiger partial charge < -0.3 is 4.74 Å². The summed E-state index contributed by atoms with van der Waals surface area (Å²) in [4.78, 5) is 39.4. The molecule has 1 heterocycles. The summed E-state index contributed by atoms with van der Waals surface area (Å²) in [6.45, 7) is -0.193. The Bertz CT molecular complexity index is 903. The van der Waals surface area contributed by atoms with Crippen molar-refractivity contribution in [1.82, 2.24) is 0 Å². The number of benzene rings is 2. The van der Waals surface area contributed by atoms with E-state index in [1.807, 2.05) is 6.07 Å². The van der Waals surface area contributed by atoms with Crippen molar-refractivity contribution in [2.45, 2.75) is 25.7 Å². The van der Waals surface area contributed by atoms with Crippen molar-refractivity contribution >= 4 is 34.9 Å². The Morgan fingerprint density at radius 3 is 2.29 bits per heavy atom. The van der Waals surface area contributed by atoms with Crippen LogP contribution in [-0.2, 0) is 9.59 Å². The van der Waals surface area contributed by atoms with Gasteiger partial charge in [0.1, 0.15) is 5.75 Å². The maximum atomic E-state index is 12.9. The van der Waals surface area contributed by atoms with Crippen molar-refractivity contribution in [2.75, 3.05) is 11.5 Å². The van der Waals surface area contributed by atoms with Crippen molar-refractivity contribution in [3.05, 3.63) is 59.1 Å². The number of carbonyl (C=O) groups excluding carboxylic acids is 3. The van der Waals surface area contributed by atoms with Crippen molar-refractivity contribution in [3.8, 4) is 5.75 Å². The lowest BCUT2D eigenvalue weighted by Gasteiger charge is -2.19. The number of ether oxygens (including phenoxy) is 1. The Labute approximate surface area is 168 Å². The van der Waals surface area contributed by atoms with Crippen LogP contribution in [0.1, 0.15) is 36.0 Å². The van der Waals surface area contributed by atoms with Gasteiger partial charge in [-0.15, -0.1) is 0 Å². The number of anilines is 1. The lowest BCUT2D eigenvalue weighted by Crippen LogP contribution is -2.31. The van der Waals surface area contributed by atoms with Gasteiger partial charge in [-0.25, -0.2) is 4.90 Å². The third kappa shape index (κ3) is 3.42. The topological polar surface area (TPSA) is 63.7 Å². The zero-order valence-corrected chi connectivity index (χ0v) is 16.0. The van der Waals surface area contributed by atoms with Crippen molar-refractivity contribution in [1.29, 1.82) is 0 Å². The van der Waals surface area contributed by atoms with Crippen LogP contribution in [0.4, 0.5) is 5.69 Å². The van der Waals surface area contributed by atoms with Gasteiger partial charge in [0.25, 0.3) is 0 Å². The maximum Gasteiger partial charge on any atom is 0.237 e. The number of imide groups is 1. The van der Waals surface area contributed by atoms with Gasteiger partial charge in [0.05, 0.1) is 17.5 Å². The van der Waals surface area contributed by atoms with E-state index in [4.69, 9.17) is 16.3 Å². The first-order valence-electron chi connectivity index (χ1n) is 9.44. The number of rotatable bonds is 5. The fourth-order valence-corrected chi connectivity index (χ4v) is 4.20. The second-order valence-corrected chi connectivity index (χ2v) is 7.64. The van der Waals surface area contributed by atoms with Crippen LogP contribution in [0.5, 0.6) is 5.75 Å². The van der Waals surface area contributed by atoms with Crippen LogP contribution in [0.2, 0.25) is 5.02 Å².